The third kappa shape index (κ3) is 15.1. The molecule has 0 aromatic heterocycles. The lowest BCUT2D eigenvalue weighted by Crippen LogP contribution is -2.30. The van der Waals surface area contributed by atoms with Crippen LogP contribution in [0, 0.1) is 0 Å². The quantitative estimate of drug-likeness (QED) is 0.0274. The first-order valence-corrected chi connectivity index (χ1v) is 28.0. The topological polar surface area (TPSA) is 360 Å². The van der Waals surface area contributed by atoms with Crippen LogP contribution in [0.5, 0.6) is 0 Å². The highest BCUT2D eigenvalue weighted by Crippen LogP contribution is 2.50. The Balaban J connectivity index is 1.87. The summed E-state index contributed by atoms with van der Waals surface area (Å²) < 4.78 is 182. The molecule has 2 aromatic rings. The monoisotopic (exact) mass is 1050 g/mol. The lowest BCUT2D eigenvalue weighted by atomic mass is 9.78. The third-order valence-electron chi connectivity index (χ3n) is 10.7. The van der Waals surface area contributed by atoms with Crippen LogP contribution in [0.15, 0.2) is 53.1 Å². The van der Waals surface area contributed by atoms with Gasteiger partial charge in [0.2, 0.25) is 5.69 Å². The number of carbonyl (C=O) groups excluding carboxylic acids is 1. The number of carboxylic acids is 1. The number of anilines is 1. The summed E-state index contributed by atoms with van der Waals surface area (Å²) in [6.07, 6.45) is 3.97. The molecular weight excluding hydrogens is 993 g/mol. The van der Waals surface area contributed by atoms with Gasteiger partial charge in [0.25, 0.3) is 50.6 Å². The van der Waals surface area contributed by atoms with Gasteiger partial charge in [-0.05, 0) is 68.5 Å². The molecule has 2 aliphatic rings. The number of carbonyl (C=O) groups is 2. The maximum Gasteiger partial charge on any atom is 0.338 e. The van der Waals surface area contributed by atoms with Crippen LogP contribution in [0.25, 0.3) is 0 Å². The molecule has 67 heavy (non-hydrogen) atoms. The van der Waals surface area contributed by atoms with Crippen molar-refractivity contribution in [3.63, 3.8) is 0 Å². The summed E-state index contributed by atoms with van der Waals surface area (Å²) in [5.74, 6) is -5.15. The van der Waals surface area contributed by atoms with Gasteiger partial charge in [-0.2, -0.15) is 46.7 Å². The molecule has 0 atom stereocenters. The van der Waals surface area contributed by atoms with E-state index in [0.29, 0.717) is 28.2 Å². The largest absolute Gasteiger partial charge is 0.478 e. The second kappa shape index (κ2) is 21.2. The molecule has 0 aliphatic carbocycles. The van der Waals surface area contributed by atoms with Gasteiger partial charge in [-0.15, -0.1) is 0 Å². The van der Waals surface area contributed by atoms with Gasteiger partial charge < -0.3 is 24.2 Å². The van der Waals surface area contributed by atoms with Crippen molar-refractivity contribution >= 4 is 79.6 Å². The number of ether oxygens (including phenoxy) is 3. The smallest absolute Gasteiger partial charge is 0.338 e. The number of fused-ring (bicyclic) bond motifs is 2. The maximum atomic E-state index is 13.6. The normalized spacial score (nSPS) is 16.8. The number of carboxylic acid groups (broad SMARTS) is 1. The minimum absolute atomic E-state index is 0.0151. The summed E-state index contributed by atoms with van der Waals surface area (Å²) in [4.78, 5) is 26.9. The van der Waals surface area contributed by atoms with Crippen molar-refractivity contribution in [2.45, 2.75) is 75.7 Å². The number of hydrogen-bond acceptors (Lipinski definition) is 16. The zero-order valence-corrected chi connectivity index (χ0v) is 40.8. The Morgan fingerprint density at radius 1 is 0.701 bits per heavy atom. The first-order chi connectivity index (χ1) is 30.6. The van der Waals surface area contributed by atoms with E-state index in [9.17, 15) is 70.4 Å². The van der Waals surface area contributed by atoms with Gasteiger partial charge in [0.15, 0.2) is 5.71 Å². The average molecular weight is 1050 g/mol. The molecule has 0 saturated heterocycles. The van der Waals surface area contributed by atoms with Crippen molar-refractivity contribution in [1.29, 1.82) is 0 Å². The second-order valence-electron chi connectivity index (χ2n) is 16.6. The van der Waals surface area contributed by atoms with E-state index in [1.807, 2.05) is 0 Å². The highest BCUT2D eigenvalue weighted by atomic mass is 32.2. The summed E-state index contributed by atoms with van der Waals surface area (Å²) in [5, 5.41) is 10.1. The van der Waals surface area contributed by atoms with E-state index in [1.165, 1.54) is 16.7 Å². The fourth-order valence-corrected chi connectivity index (χ4v) is 10.5. The maximum absolute atomic E-state index is 13.6. The van der Waals surface area contributed by atoms with E-state index in [2.05, 4.69) is 0 Å². The predicted octanol–water partition coefficient (Wildman–Crippen LogP) is 3.00. The number of esters is 1. The van der Waals surface area contributed by atoms with Gasteiger partial charge in [-0.3, -0.25) is 22.8 Å². The Morgan fingerprint density at radius 3 is 1.84 bits per heavy atom. The zero-order valence-electron chi connectivity index (χ0n) is 36.7. The van der Waals surface area contributed by atoms with Crippen LogP contribution >= 0.6 is 0 Å². The summed E-state index contributed by atoms with van der Waals surface area (Å²) >= 11 is 0. The average Bonchev–Trinajstić information content (AvgIpc) is 3.51. The Hall–Kier alpha value is -4.20. The lowest BCUT2D eigenvalue weighted by Gasteiger charge is -2.27. The summed E-state index contributed by atoms with van der Waals surface area (Å²) in [6, 6.07) is 4.67. The number of benzene rings is 2. The Kier molecular flexibility index (Phi) is 17.5. The molecule has 23 nitrogen and oxygen atoms in total. The molecule has 0 amide bonds. The van der Waals surface area contributed by atoms with E-state index in [0.717, 1.165) is 12.1 Å². The Labute approximate surface area is 388 Å². The van der Waals surface area contributed by atoms with Crippen LogP contribution in [0.2, 0.25) is 0 Å². The summed E-state index contributed by atoms with van der Waals surface area (Å²) in [7, 11) is -22.6. The van der Waals surface area contributed by atoms with Gasteiger partial charge in [0, 0.05) is 41.9 Å². The molecule has 0 radical (unpaired) electrons. The third-order valence-corrected chi connectivity index (χ3v) is 14.8. The minimum atomic E-state index is -5.03. The number of aromatic carboxylic acids is 1. The molecule has 0 fully saturated rings. The first-order valence-electron chi connectivity index (χ1n) is 20.2. The van der Waals surface area contributed by atoms with Crippen molar-refractivity contribution in [3.8, 4) is 0 Å². The SMILES string of the molecule is CC1(C)C(/C=C/C=C2/N(CCCS(=O)(=O)O)c3cc(C(=O)O)cc(COCOCCCS(=O)(=O)O)c3C2(C)C)=[N+](CCCS(=O)(=O)O)c2cc(S(=O)(=O)O)cc(C(=O)OCCCS(=O)(=O)O)c21. The molecule has 6 N–H and O–H groups in total. The molecule has 0 spiro atoms. The standard InChI is InChI=1S/C39H52N2O21S5/c1-38(2)32(40(12-6-16-63(45,46)47)30-21-26(36(42)43)20-27(34(30)38)24-61-25-60-14-8-18-65(51,52)53)10-5-11-33-39(3,4)35-29(37(44)62-15-9-19-66(54,55)56)22-28(67(57,58)59)23-31(35)41(33)13-7-17-64(48,49)50/h5,10-11,20-23H,6-9,12-19,24-25H2,1-4H3,(H5-,42,43,45,46,47,48,49,50,51,52,53,54,55,56,57,58,59)/p+1. The number of rotatable bonds is 25. The van der Waals surface area contributed by atoms with E-state index in [1.54, 1.807) is 50.8 Å². The van der Waals surface area contributed by atoms with Crippen molar-refractivity contribution < 1.29 is 98.3 Å². The van der Waals surface area contributed by atoms with Crippen LogP contribution < -0.4 is 4.90 Å². The molecule has 0 saturated carbocycles. The lowest BCUT2D eigenvalue weighted by molar-refractivity contribution is -0.437. The highest BCUT2D eigenvalue weighted by molar-refractivity contribution is 7.86. The van der Waals surface area contributed by atoms with E-state index in [4.69, 9.17) is 23.3 Å². The van der Waals surface area contributed by atoms with Gasteiger partial charge in [0.1, 0.15) is 18.2 Å². The molecule has 4 rings (SSSR count). The molecule has 374 valence electrons. The number of nitrogens with zero attached hydrogens (tertiary/aromatic N) is 2. The fraction of sp³-hybridized carbons (Fsp3) is 0.513. The summed E-state index contributed by atoms with van der Waals surface area (Å²) in [5.41, 5.74) is -0.608. The number of allylic oxidation sites excluding steroid dienone is 4. The van der Waals surface area contributed by atoms with Crippen LogP contribution in [0.4, 0.5) is 11.4 Å². The fourth-order valence-electron chi connectivity index (χ4n) is 8.04. The van der Waals surface area contributed by atoms with Crippen LogP contribution in [0.3, 0.4) is 0 Å². The van der Waals surface area contributed by atoms with Gasteiger partial charge in [0.05, 0.1) is 64.9 Å². The van der Waals surface area contributed by atoms with Gasteiger partial charge in [-0.25, -0.2) is 9.59 Å². The van der Waals surface area contributed by atoms with E-state index >= 15 is 0 Å². The Bertz CT molecular complexity index is 2920. The van der Waals surface area contributed by atoms with Crippen LogP contribution in [-0.2, 0) is 82.2 Å². The molecule has 28 heteroatoms. The van der Waals surface area contributed by atoms with Gasteiger partial charge >= 0.3 is 11.9 Å². The van der Waals surface area contributed by atoms with Gasteiger partial charge in [-0.1, -0.05) is 19.9 Å². The van der Waals surface area contributed by atoms with Crippen LogP contribution in [0.1, 0.15) is 90.8 Å². The first kappa shape index (κ1) is 55.4. The van der Waals surface area contributed by atoms with E-state index < -0.39 is 108 Å². The summed E-state index contributed by atoms with van der Waals surface area (Å²) in [6.45, 7) is 5.39. The molecular formula is C39H53N2O21S5+. The van der Waals surface area contributed by atoms with Crippen molar-refractivity contribution in [2.75, 3.05) is 61.0 Å². The van der Waals surface area contributed by atoms with E-state index in [-0.39, 0.29) is 81.2 Å². The number of hydrogen-bond donors (Lipinski definition) is 6. The Morgan fingerprint density at radius 2 is 1.27 bits per heavy atom. The molecule has 2 aromatic carbocycles. The molecule has 2 heterocycles. The molecule has 0 unspecified atom stereocenters. The van der Waals surface area contributed by atoms with Crippen molar-refractivity contribution in [3.05, 3.63) is 76.0 Å². The minimum Gasteiger partial charge on any atom is -0.478 e. The highest BCUT2D eigenvalue weighted by Gasteiger charge is 2.48. The van der Waals surface area contributed by atoms with Crippen LogP contribution in [-0.4, -0.2) is 148 Å². The van der Waals surface area contributed by atoms with Crippen molar-refractivity contribution in [2.24, 2.45) is 0 Å². The predicted molar refractivity (Wildman–Crippen MR) is 240 cm³/mol. The molecule has 2 aliphatic heterocycles. The molecule has 0 bridgehead atoms. The second-order valence-corrected chi connectivity index (χ2v) is 24.3. The zero-order chi connectivity index (χ0) is 50.6. The van der Waals surface area contributed by atoms with Crippen molar-refractivity contribution in [1.82, 2.24) is 0 Å².